The number of piperazine rings is 1. The summed E-state index contributed by atoms with van der Waals surface area (Å²) in [7, 11) is 0. The van der Waals surface area contributed by atoms with E-state index in [9.17, 15) is 18.0 Å². The Morgan fingerprint density at radius 3 is 2.33 bits per heavy atom. The topological polar surface area (TPSA) is 62.4 Å². The van der Waals surface area contributed by atoms with Crippen molar-refractivity contribution in [2.24, 2.45) is 0 Å². The molecule has 9 heteroatoms. The van der Waals surface area contributed by atoms with Gasteiger partial charge in [0.1, 0.15) is 29.8 Å². The highest BCUT2D eigenvalue weighted by Gasteiger charge is 2.23. The van der Waals surface area contributed by atoms with E-state index in [1.807, 2.05) is 19.1 Å². The zero-order chi connectivity index (χ0) is 27.8. The van der Waals surface area contributed by atoms with Crippen LogP contribution in [0.1, 0.15) is 41.9 Å². The number of benzene rings is 3. The van der Waals surface area contributed by atoms with E-state index in [2.05, 4.69) is 28.6 Å². The average molecular weight is 558 g/mol. The number of amides is 1. The van der Waals surface area contributed by atoms with E-state index in [1.165, 1.54) is 36.4 Å². The first kappa shape index (κ1) is 29.0. The second-order valence-electron chi connectivity index (χ2n) is 9.90. The first-order valence-corrected chi connectivity index (χ1v) is 13.8. The molecule has 1 aliphatic heterocycles. The number of ether oxygens (including phenoxy) is 1. The third-order valence-electron chi connectivity index (χ3n) is 6.88. The van der Waals surface area contributed by atoms with Crippen LogP contribution >= 0.6 is 12.6 Å². The number of hydrogen-bond donors (Lipinski definition) is 4. The average Bonchev–Trinajstić information content (AvgIpc) is 2.91. The van der Waals surface area contributed by atoms with Gasteiger partial charge in [-0.3, -0.25) is 4.79 Å². The lowest BCUT2D eigenvalue weighted by atomic mass is 9.88. The van der Waals surface area contributed by atoms with Gasteiger partial charge < -0.3 is 20.7 Å². The van der Waals surface area contributed by atoms with Crippen LogP contribution in [0, 0.1) is 24.4 Å². The van der Waals surface area contributed by atoms with Gasteiger partial charge in [-0.25, -0.2) is 13.2 Å². The summed E-state index contributed by atoms with van der Waals surface area (Å²) >= 11 is 4.28. The molecule has 1 heterocycles. The molecule has 39 heavy (non-hydrogen) atoms. The molecule has 3 aromatic rings. The van der Waals surface area contributed by atoms with Crippen LogP contribution in [0.5, 0.6) is 5.75 Å². The number of para-hydroxylation sites is 1. The van der Waals surface area contributed by atoms with Crippen LogP contribution in [-0.2, 0) is 4.79 Å². The molecule has 0 spiro atoms. The highest BCUT2D eigenvalue weighted by atomic mass is 32.1. The molecule has 0 aromatic heterocycles. The van der Waals surface area contributed by atoms with Crippen LogP contribution in [0.15, 0.2) is 60.7 Å². The lowest BCUT2D eigenvalue weighted by Gasteiger charge is -2.31. The summed E-state index contributed by atoms with van der Waals surface area (Å²) in [6, 6.07) is 14.8. The Balaban J connectivity index is 1.45. The molecular formula is C30H34F3N3O2S. The Bertz CT molecular complexity index is 1230. The number of carbonyl (C=O) groups is 1. The van der Waals surface area contributed by atoms with Gasteiger partial charge in [-0.05, 0) is 72.5 Å². The van der Waals surface area contributed by atoms with E-state index in [1.54, 1.807) is 6.07 Å². The van der Waals surface area contributed by atoms with Crippen LogP contribution in [0.3, 0.4) is 0 Å². The van der Waals surface area contributed by atoms with Gasteiger partial charge >= 0.3 is 0 Å². The Labute approximate surface area is 232 Å². The molecule has 0 aliphatic carbocycles. The molecule has 0 radical (unpaired) electrons. The molecule has 1 aliphatic rings. The van der Waals surface area contributed by atoms with Crippen molar-refractivity contribution in [3.8, 4) is 5.75 Å². The predicted molar refractivity (Wildman–Crippen MR) is 151 cm³/mol. The van der Waals surface area contributed by atoms with Crippen LogP contribution in [0.25, 0.3) is 0 Å². The monoisotopic (exact) mass is 557 g/mol. The smallest absolute Gasteiger partial charge is 0.225 e. The molecule has 0 bridgehead atoms. The lowest BCUT2D eigenvalue weighted by molar-refractivity contribution is -0.116. The first-order valence-electron chi connectivity index (χ1n) is 13.1. The van der Waals surface area contributed by atoms with Crippen molar-refractivity contribution in [2.75, 3.05) is 30.8 Å². The van der Waals surface area contributed by atoms with Crippen molar-refractivity contribution in [1.29, 1.82) is 0 Å². The van der Waals surface area contributed by atoms with Gasteiger partial charge in [0.25, 0.3) is 0 Å². The summed E-state index contributed by atoms with van der Waals surface area (Å²) in [4.78, 5) is 13.2. The zero-order valence-corrected chi connectivity index (χ0v) is 22.7. The summed E-state index contributed by atoms with van der Waals surface area (Å²) in [5.41, 5.74) is 2.24. The third kappa shape index (κ3) is 8.24. The minimum absolute atomic E-state index is 0.107. The number of halogens is 3. The van der Waals surface area contributed by atoms with E-state index in [0.29, 0.717) is 35.2 Å². The quantitative estimate of drug-likeness (QED) is 0.232. The maximum atomic E-state index is 14.0. The summed E-state index contributed by atoms with van der Waals surface area (Å²) < 4.78 is 47.8. The summed E-state index contributed by atoms with van der Waals surface area (Å²) in [6.45, 7) is 3.95. The van der Waals surface area contributed by atoms with Crippen LogP contribution in [0.4, 0.5) is 18.9 Å². The molecule has 1 amide bonds. The lowest BCUT2D eigenvalue weighted by Crippen LogP contribution is -2.56. The number of carbonyl (C=O) groups excluding carboxylic acids is 1. The van der Waals surface area contributed by atoms with E-state index in [-0.39, 0.29) is 18.4 Å². The van der Waals surface area contributed by atoms with Gasteiger partial charge in [0, 0.05) is 37.5 Å². The highest BCUT2D eigenvalue weighted by molar-refractivity contribution is 7.80. The van der Waals surface area contributed by atoms with E-state index in [0.717, 1.165) is 43.3 Å². The van der Waals surface area contributed by atoms with Gasteiger partial charge in [0.2, 0.25) is 5.91 Å². The fourth-order valence-corrected chi connectivity index (χ4v) is 5.02. The second kappa shape index (κ2) is 13.9. The molecule has 4 rings (SSSR count). The molecule has 1 saturated heterocycles. The zero-order valence-electron chi connectivity index (χ0n) is 21.9. The molecule has 1 fully saturated rings. The molecule has 3 atom stereocenters. The van der Waals surface area contributed by atoms with Crippen molar-refractivity contribution in [3.05, 3.63) is 94.8 Å². The fourth-order valence-electron chi connectivity index (χ4n) is 4.83. The molecule has 3 N–H and O–H groups in total. The predicted octanol–water partition coefficient (Wildman–Crippen LogP) is 5.59. The Kier molecular flexibility index (Phi) is 10.3. The third-order valence-corrected chi connectivity index (χ3v) is 7.20. The van der Waals surface area contributed by atoms with Gasteiger partial charge in [-0.15, -0.1) is 0 Å². The molecule has 3 unspecified atom stereocenters. The van der Waals surface area contributed by atoms with Crippen LogP contribution in [-0.4, -0.2) is 43.4 Å². The summed E-state index contributed by atoms with van der Waals surface area (Å²) in [5.74, 6) is -1.54. The molecular weight excluding hydrogens is 523 g/mol. The minimum Gasteiger partial charge on any atom is -0.489 e. The van der Waals surface area contributed by atoms with Gasteiger partial charge in [-0.1, -0.05) is 24.3 Å². The van der Waals surface area contributed by atoms with Crippen molar-refractivity contribution in [3.63, 3.8) is 0 Å². The molecule has 5 nitrogen and oxygen atoms in total. The highest BCUT2D eigenvalue weighted by Crippen LogP contribution is 2.32. The number of rotatable bonds is 11. The fraction of sp³-hybridized carbons (Fsp3) is 0.367. The standard InChI is InChI=1S/C30H34F3N3O2S/c1-19-4-2-6-28(30(19)38-18-26-17-34-25(16-35-26)5-3-11-39)36-29(37)15-27(20-7-9-22(31)10-8-20)21-12-23(32)14-24(33)13-21/h2,4,6-10,12-14,25-27,34-35,39H,3,5,11,15-18H2,1H3,(H,36,37). The van der Waals surface area contributed by atoms with Crippen molar-refractivity contribution in [1.82, 2.24) is 10.6 Å². The number of nitrogens with one attached hydrogen (secondary N) is 3. The van der Waals surface area contributed by atoms with Gasteiger partial charge in [-0.2, -0.15) is 12.6 Å². The molecule has 0 saturated carbocycles. The largest absolute Gasteiger partial charge is 0.489 e. The Morgan fingerprint density at radius 2 is 1.67 bits per heavy atom. The second-order valence-corrected chi connectivity index (χ2v) is 10.3. The Hall–Kier alpha value is -3.01. The van der Waals surface area contributed by atoms with E-state index in [4.69, 9.17) is 4.74 Å². The van der Waals surface area contributed by atoms with Crippen molar-refractivity contribution in [2.45, 2.75) is 44.2 Å². The first-order chi connectivity index (χ1) is 18.8. The Morgan fingerprint density at radius 1 is 0.974 bits per heavy atom. The summed E-state index contributed by atoms with van der Waals surface area (Å²) in [6.07, 6.45) is 2.02. The molecule has 3 aromatic carbocycles. The van der Waals surface area contributed by atoms with Crippen molar-refractivity contribution < 1.29 is 22.7 Å². The van der Waals surface area contributed by atoms with Crippen molar-refractivity contribution >= 4 is 24.2 Å². The van der Waals surface area contributed by atoms with Gasteiger partial charge in [0.05, 0.1) is 11.7 Å². The number of hydrogen-bond acceptors (Lipinski definition) is 5. The summed E-state index contributed by atoms with van der Waals surface area (Å²) in [5, 5.41) is 9.97. The SMILES string of the molecule is Cc1cccc(NC(=O)CC(c2ccc(F)cc2)c2cc(F)cc(F)c2)c1OCC1CNC(CCCS)CN1. The maximum absolute atomic E-state index is 14.0. The number of anilines is 1. The van der Waals surface area contributed by atoms with Crippen LogP contribution in [0.2, 0.25) is 0 Å². The van der Waals surface area contributed by atoms with E-state index >= 15 is 0 Å². The molecule has 208 valence electrons. The maximum Gasteiger partial charge on any atom is 0.225 e. The van der Waals surface area contributed by atoms with Crippen LogP contribution < -0.4 is 20.7 Å². The number of thiol groups is 1. The van der Waals surface area contributed by atoms with E-state index < -0.39 is 23.4 Å². The minimum atomic E-state index is -0.745. The van der Waals surface area contributed by atoms with Gasteiger partial charge in [0.15, 0.2) is 0 Å². The number of aryl methyl sites for hydroxylation is 1. The normalized spacial score (nSPS) is 18.0.